The van der Waals surface area contributed by atoms with E-state index < -0.39 is 0 Å². The van der Waals surface area contributed by atoms with E-state index in [-0.39, 0.29) is 0 Å². The van der Waals surface area contributed by atoms with Crippen molar-refractivity contribution in [3.8, 4) is 0 Å². The third-order valence-electron chi connectivity index (χ3n) is 2.66. The summed E-state index contributed by atoms with van der Waals surface area (Å²) in [5, 5.41) is 0. The van der Waals surface area contributed by atoms with E-state index in [1.54, 1.807) is 0 Å². The molecular weight excluding hydrogens is 112 g/mol. The van der Waals surface area contributed by atoms with Crippen molar-refractivity contribution >= 4 is 0 Å². The highest BCUT2D eigenvalue weighted by Crippen LogP contribution is 2.26. The standard InChI is InChI=1S/C7H14N2/c8-6-3-5-9-4-1-2-7(6)9/h6-7H,1-5,8H2. The molecular formula is C7H14N2. The molecule has 2 fully saturated rings. The lowest BCUT2D eigenvalue weighted by molar-refractivity contribution is 0.314. The summed E-state index contributed by atoms with van der Waals surface area (Å²) in [7, 11) is 0. The largest absolute Gasteiger partial charge is 0.326 e. The van der Waals surface area contributed by atoms with Crippen LogP contribution in [0.3, 0.4) is 0 Å². The van der Waals surface area contributed by atoms with Crippen molar-refractivity contribution in [3.63, 3.8) is 0 Å². The molecule has 2 heteroatoms. The second-order valence-electron chi connectivity index (χ2n) is 3.20. The van der Waals surface area contributed by atoms with Crippen molar-refractivity contribution < 1.29 is 0 Å². The predicted octanol–water partition coefficient (Wildman–Crippen LogP) is 0.182. The fourth-order valence-corrected chi connectivity index (χ4v) is 2.12. The van der Waals surface area contributed by atoms with Gasteiger partial charge >= 0.3 is 0 Å². The third-order valence-corrected chi connectivity index (χ3v) is 2.66. The van der Waals surface area contributed by atoms with Crippen LogP contribution in [0.4, 0.5) is 0 Å². The maximum atomic E-state index is 5.88. The molecule has 0 bridgehead atoms. The summed E-state index contributed by atoms with van der Waals surface area (Å²) in [5.41, 5.74) is 5.88. The molecule has 0 aromatic carbocycles. The lowest BCUT2D eigenvalue weighted by atomic mass is 10.1. The summed E-state index contributed by atoms with van der Waals surface area (Å²) >= 11 is 0. The molecule has 0 spiro atoms. The summed E-state index contributed by atoms with van der Waals surface area (Å²) in [6, 6.07) is 1.25. The maximum absolute atomic E-state index is 5.88. The van der Waals surface area contributed by atoms with Gasteiger partial charge in [0.25, 0.3) is 0 Å². The minimum absolute atomic E-state index is 0.493. The highest BCUT2D eigenvalue weighted by molar-refractivity contribution is 4.93. The molecule has 2 unspecified atom stereocenters. The average molecular weight is 126 g/mol. The first kappa shape index (κ1) is 5.69. The summed E-state index contributed by atoms with van der Waals surface area (Å²) in [6.45, 7) is 2.56. The van der Waals surface area contributed by atoms with E-state index in [2.05, 4.69) is 4.90 Å². The topological polar surface area (TPSA) is 29.3 Å². The van der Waals surface area contributed by atoms with Gasteiger partial charge in [0.2, 0.25) is 0 Å². The van der Waals surface area contributed by atoms with E-state index in [1.807, 2.05) is 0 Å². The van der Waals surface area contributed by atoms with Crippen LogP contribution in [0.2, 0.25) is 0 Å². The molecule has 2 nitrogen and oxygen atoms in total. The Morgan fingerprint density at radius 1 is 1.22 bits per heavy atom. The lowest BCUT2D eigenvalue weighted by Crippen LogP contribution is -2.34. The van der Waals surface area contributed by atoms with E-state index >= 15 is 0 Å². The van der Waals surface area contributed by atoms with Crippen LogP contribution in [-0.2, 0) is 0 Å². The number of hydrogen-bond acceptors (Lipinski definition) is 2. The van der Waals surface area contributed by atoms with Crippen molar-refractivity contribution in [2.75, 3.05) is 13.1 Å². The van der Waals surface area contributed by atoms with E-state index in [4.69, 9.17) is 5.73 Å². The zero-order chi connectivity index (χ0) is 6.27. The van der Waals surface area contributed by atoms with Crippen LogP contribution in [0.1, 0.15) is 19.3 Å². The first-order valence-electron chi connectivity index (χ1n) is 3.87. The van der Waals surface area contributed by atoms with Gasteiger partial charge in [0.1, 0.15) is 0 Å². The molecule has 2 heterocycles. The predicted molar refractivity (Wildman–Crippen MR) is 37.2 cm³/mol. The van der Waals surface area contributed by atoms with E-state index in [0.29, 0.717) is 6.04 Å². The molecule has 0 aromatic rings. The maximum Gasteiger partial charge on any atom is 0.0248 e. The molecule has 52 valence electrons. The molecule has 2 N–H and O–H groups in total. The molecule has 0 saturated carbocycles. The van der Waals surface area contributed by atoms with Gasteiger partial charge in [-0.05, 0) is 25.8 Å². The van der Waals surface area contributed by atoms with Crippen LogP contribution in [0.15, 0.2) is 0 Å². The quantitative estimate of drug-likeness (QED) is 0.502. The van der Waals surface area contributed by atoms with Gasteiger partial charge < -0.3 is 5.73 Å². The van der Waals surface area contributed by atoms with Gasteiger partial charge in [-0.3, -0.25) is 4.90 Å². The van der Waals surface area contributed by atoms with Crippen molar-refractivity contribution in [2.45, 2.75) is 31.3 Å². The van der Waals surface area contributed by atoms with Gasteiger partial charge in [-0.25, -0.2) is 0 Å². The summed E-state index contributed by atoms with van der Waals surface area (Å²) in [5.74, 6) is 0. The second-order valence-corrected chi connectivity index (χ2v) is 3.20. The fraction of sp³-hybridized carbons (Fsp3) is 1.00. The van der Waals surface area contributed by atoms with Crippen molar-refractivity contribution in [2.24, 2.45) is 5.73 Å². The molecule has 2 atom stereocenters. The molecule has 2 aliphatic rings. The third kappa shape index (κ3) is 0.775. The zero-order valence-electron chi connectivity index (χ0n) is 5.71. The molecule has 0 aliphatic carbocycles. The van der Waals surface area contributed by atoms with E-state index in [0.717, 1.165) is 6.04 Å². The Labute approximate surface area is 56.0 Å². The van der Waals surface area contributed by atoms with Gasteiger partial charge in [-0.1, -0.05) is 0 Å². The summed E-state index contributed by atoms with van der Waals surface area (Å²) in [6.07, 6.45) is 3.95. The number of fused-ring (bicyclic) bond motifs is 1. The van der Waals surface area contributed by atoms with Crippen molar-refractivity contribution in [1.29, 1.82) is 0 Å². The number of hydrogen-bond donors (Lipinski definition) is 1. The normalized spacial score (nSPS) is 43.7. The van der Waals surface area contributed by atoms with Crippen molar-refractivity contribution in [1.82, 2.24) is 4.90 Å². The Kier molecular flexibility index (Phi) is 1.24. The van der Waals surface area contributed by atoms with Crippen LogP contribution >= 0.6 is 0 Å². The molecule has 2 rings (SSSR count). The second kappa shape index (κ2) is 1.96. The number of nitrogens with two attached hydrogens (primary N) is 1. The SMILES string of the molecule is NC1CCN2CCCC12. The molecule has 9 heavy (non-hydrogen) atoms. The van der Waals surface area contributed by atoms with Crippen LogP contribution < -0.4 is 5.73 Å². The van der Waals surface area contributed by atoms with Gasteiger partial charge in [0.15, 0.2) is 0 Å². The van der Waals surface area contributed by atoms with Crippen LogP contribution in [0, 0.1) is 0 Å². The Balaban J connectivity index is 2.07. The summed E-state index contributed by atoms with van der Waals surface area (Å²) in [4.78, 5) is 2.53. The first-order chi connectivity index (χ1) is 4.38. The Bertz CT molecular complexity index is 113. The highest BCUT2D eigenvalue weighted by atomic mass is 15.2. The average Bonchev–Trinajstić information content (AvgIpc) is 2.35. The minimum atomic E-state index is 0.493. The fourth-order valence-electron chi connectivity index (χ4n) is 2.12. The minimum Gasteiger partial charge on any atom is -0.326 e. The van der Waals surface area contributed by atoms with Crippen LogP contribution in [0.5, 0.6) is 0 Å². The lowest BCUT2D eigenvalue weighted by Gasteiger charge is -2.15. The van der Waals surface area contributed by atoms with Crippen LogP contribution in [0.25, 0.3) is 0 Å². The first-order valence-corrected chi connectivity index (χ1v) is 3.87. The Morgan fingerprint density at radius 2 is 2.11 bits per heavy atom. The monoisotopic (exact) mass is 126 g/mol. The van der Waals surface area contributed by atoms with Crippen LogP contribution in [-0.4, -0.2) is 30.1 Å². The smallest absolute Gasteiger partial charge is 0.0248 e. The molecule has 0 aromatic heterocycles. The van der Waals surface area contributed by atoms with E-state index in [1.165, 1.54) is 32.4 Å². The number of nitrogens with zero attached hydrogens (tertiary/aromatic N) is 1. The number of rotatable bonds is 0. The molecule has 2 saturated heterocycles. The highest BCUT2D eigenvalue weighted by Gasteiger charge is 2.34. The van der Waals surface area contributed by atoms with Crippen molar-refractivity contribution in [3.05, 3.63) is 0 Å². The summed E-state index contributed by atoms with van der Waals surface area (Å²) < 4.78 is 0. The van der Waals surface area contributed by atoms with E-state index in [9.17, 15) is 0 Å². The van der Waals surface area contributed by atoms with Gasteiger partial charge in [-0.15, -0.1) is 0 Å². The molecule has 2 aliphatic heterocycles. The van der Waals surface area contributed by atoms with Gasteiger partial charge in [0, 0.05) is 18.6 Å². The Hall–Kier alpha value is -0.0800. The van der Waals surface area contributed by atoms with Gasteiger partial charge in [0.05, 0.1) is 0 Å². The molecule has 0 radical (unpaired) electrons. The Morgan fingerprint density at radius 3 is 2.89 bits per heavy atom. The zero-order valence-corrected chi connectivity index (χ0v) is 5.71. The molecule has 0 amide bonds. The van der Waals surface area contributed by atoms with Gasteiger partial charge in [-0.2, -0.15) is 0 Å².